The summed E-state index contributed by atoms with van der Waals surface area (Å²) in [5.74, 6) is 0.407. The summed E-state index contributed by atoms with van der Waals surface area (Å²) < 4.78 is 0. The number of nitrogens with one attached hydrogen (secondary N) is 2. The zero-order chi connectivity index (χ0) is 13.5. The van der Waals surface area contributed by atoms with Crippen LogP contribution in [0.25, 0.3) is 0 Å². The lowest BCUT2D eigenvalue weighted by Crippen LogP contribution is -2.25. The SMILES string of the molecule is CCNCc1ccccc1NC(=O)C1CCCCC1.Cl. The van der Waals surface area contributed by atoms with E-state index in [1.54, 1.807) is 0 Å². The fraction of sp³-hybridized carbons (Fsp3) is 0.562. The van der Waals surface area contributed by atoms with E-state index in [1.807, 2.05) is 18.2 Å². The first-order chi connectivity index (χ1) is 9.31. The van der Waals surface area contributed by atoms with Gasteiger partial charge in [0.15, 0.2) is 0 Å². The molecule has 112 valence electrons. The number of anilines is 1. The van der Waals surface area contributed by atoms with Gasteiger partial charge in [-0.15, -0.1) is 12.4 Å². The molecule has 0 unspecified atom stereocenters. The Morgan fingerprint density at radius 2 is 1.90 bits per heavy atom. The topological polar surface area (TPSA) is 41.1 Å². The van der Waals surface area contributed by atoms with E-state index in [9.17, 15) is 4.79 Å². The van der Waals surface area contributed by atoms with Crippen LogP contribution in [0.4, 0.5) is 5.69 Å². The number of carbonyl (C=O) groups is 1. The monoisotopic (exact) mass is 296 g/mol. The van der Waals surface area contributed by atoms with Gasteiger partial charge in [-0.2, -0.15) is 0 Å². The van der Waals surface area contributed by atoms with Crippen LogP contribution in [-0.2, 0) is 11.3 Å². The maximum atomic E-state index is 12.3. The number of halogens is 1. The number of benzene rings is 1. The zero-order valence-corrected chi connectivity index (χ0v) is 13.0. The summed E-state index contributed by atoms with van der Waals surface area (Å²) in [6, 6.07) is 8.06. The number of rotatable bonds is 5. The molecular formula is C16H25ClN2O. The average molecular weight is 297 g/mol. The molecule has 0 radical (unpaired) electrons. The van der Waals surface area contributed by atoms with Crippen LogP contribution in [-0.4, -0.2) is 12.5 Å². The Bertz CT molecular complexity index is 417. The fourth-order valence-electron chi connectivity index (χ4n) is 2.66. The number of carbonyl (C=O) groups excluding carboxylic acids is 1. The summed E-state index contributed by atoms with van der Waals surface area (Å²) >= 11 is 0. The predicted octanol–water partition coefficient (Wildman–Crippen LogP) is 3.74. The molecule has 4 heteroatoms. The van der Waals surface area contributed by atoms with Gasteiger partial charge < -0.3 is 10.6 Å². The summed E-state index contributed by atoms with van der Waals surface area (Å²) in [6.07, 6.45) is 5.75. The first-order valence-electron chi connectivity index (χ1n) is 7.40. The summed E-state index contributed by atoms with van der Waals surface area (Å²) in [7, 11) is 0. The fourth-order valence-corrected chi connectivity index (χ4v) is 2.66. The van der Waals surface area contributed by atoms with Crippen molar-refractivity contribution < 1.29 is 4.79 Å². The van der Waals surface area contributed by atoms with Gasteiger partial charge >= 0.3 is 0 Å². The van der Waals surface area contributed by atoms with Crippen molar-refractivity contribution in [3.05, 3.63) is 29.8 Å². The van der Waals surface area contributed by atoms with Gasteiger partial charge in [-0.3, -0.25) is 4.79 Å². The van der Waals surface area contributed by atoms with E-state index in [0.717, 1.165) is 37.2 Å². The molecule has 0 spiro atoms. The maximum Gasteiger partial charge on any atom is 0.227 e. The average Bonchev–Trinajstić information content (AvgIpc) is 2.47. The maximum absolute atomic E-state index is 12.3. The Balaban J connectivity index is 0.00000200. The van der Waals surface area contributed by atoms with Crippen LogP contribution in [0, 0.1) is 5.92 Å². The summed E-state index contributed by atoms with van der Waals surface area (Å²) in [5.41, 5.74) is 2.12. The van der Waals surface area contributed by atoms with Gasteiger partial charge in [0.25, 0.3) is 0 Å². The molecule has 1 saturated carbocycles. The van der Waals surface area contributed by atoms with Crippen molar-refractivity contribution in [3.63, 3.8) is 0 Å². The molecule has 1 aliphatic carbocycles. The Morgan fingerprint density at radius 1 is 1.20 bits per heavy atom. The van der Waals surface area contributed by atoms with Crippen molar-refractivity contribution >= 4 is 24.0 Å². The molecule has 1 amide bonds. The van der Waals surface area contributed by atoms with Crippen molar-refractivity contribution in [3.8, 4) is 0 Å². The lowest BCUT2D eigenvalue weighted by atomic mass is 9.88. The smallest absolute Gasteiger partial charge is 0.227 e. The minimum atomic E-state index is 0. The zero-order valence-electron chi connectivity index (χ0n) is 12.2. The van der Waals surface area contributed by atoms with Crippen molar-refractivity contribution in [1.82, 2.24) is 5.32 Å². The van der Waals surface area contributed by atoms with Crippen molar-refractivity contribution in [1.29, 1.82) is 0 Å². The molecular weight excluding hydrogens is 272 g/mol. The second-order valence-corrected chi connectivity index (χ2v) is 5.26. The van der Waals surface area contributed by atoms with Gasteiger partial charge in [0.05, 0.1) is 0 Å². The molecule has 0 bridgehead atoms. The van der Waals surface area contributed by atoms with E-state index < -0.39 is 0 Å². The number of para-hydroxylation sites is 1. The molecule has 1 aromatic rings. The third kappa shape index (κ3) is 4.80. The highest BCUT2D eigenvalue weighted by Gasteiger charge is 2.21. The molecule has 3 nitrogen and oxygen atoms in total. The second kappa shape index (κ2) is 8.98. The standard InChI is InChI=1S/C16H24N2O.ClH/c1-2-17-12-14-10-6-7-11-15(14)18-16(19)13-8-4-3-5-9-13;/h6-7,10-11,13,17H,2-5,8-9,12H2,1H3,(H,18,19);1H. The lowest BCUT2D eigenvalue weighted by Gasteiger charge is -2.21. The van der Waals surface area contributed by atoms with Crippen LogP contribution in [0.5, 0.6) is 0 Å². The Labute approximate surface area is 127 Å². The van der Waals surface area contributed by atoms with E-state index in [2.05, 4.69) is 23.6 Å². The minimum Gasteiger partial charge on any atom is -0.326 e. The van der Waals surface area contributed by atoms with Gasteiger partial charge in [-0.1, -0.05) is 44.4 Å². The van der Waals surface area contributed by atoms with Crippen LogP contribution < -0.4 is 10.6 Å². The molecule has 0 aromatic heterocycles. The Hall–Kier alpha value is -1.06. The summed E-state index contributed by atoms with van der Waals surface area (Å²) in [4.78, 5) is 12.3. The van der Waals surface area contributed by atoms with Gasteiger partial charge in [-0.25, -0.2) is 0 Å². The number of hydrogen-bond acceptors (Lipinski definition) is 2. The molecule has 20 heavy (non-hydrogen) atoms. The molecule has 0 atom stereocenters. The third-order valence-corrected chi connectivity index (χ3v) is 3.82. The normalized spacial score (nSPS) is 15.4. The summed E-state index contributed by atoms with van der Waals surface area (Å²) in [5, 5.41) is 6.42. The molecule has 0 saturated heterocycles. The molecule has 0 heterocycles. The third-order valence-electron chi connectivity index (χ3n) is 3.82. The van der Waals surface area contributed by atoms with Crippen molar-refractivity contribution in [2.75, 3.05) is 11.9 Å². The Morgan fingerprint density at radius 3 is 2.60 bits per heavy atom. The van der Waals surface area contributed by atoms with Gasteiger partial charge in [0, 0.05) is 18.2 Å². The molecule has 1 fully saturated rings. The predicted molar refractivity (Wildman–Crippen MR) is 86.3 cm³/mol. The molecule has 1 aliphatic rings. The molecule has 0 aliphatic heterocycles. The molecule has 2 N–H and O–H groups in total. The minimum absolute atomic E-state index is 0. The highest BCUT2D eigenvalue weighted by Crippen LogP contribution is 2.25. The van der Waals surface area contributed by atoms with Crippen LogP contribution in [0.15, 0.2) is 24.3 Å². The van der Waals surface area contributed by atoms with Gasteiger partial charge in [-0.05, 0) is 31.0 Å². The van der Waals surface area contributed by atoms with Crippen molar-refractivity contribution in [2.45, 2.75) is 45.6 Å². The van der Waals surface area contributed by atoms with Crippen LogP contribution >= 0.6 is 12.4 Å². The first-order valence-corrected chi connectivity index (χ1v) is 7.40. The first kappa shape index (κ1) is 17.0. The van der Waals surface area contributed by atoms with E-state index in [1.165, 1.54) is 19.3 Å². The molecule has 1 aromatic carbocycles. The largest absolute Gasteiger partial charge is 0.326 e. The van der Waals surface area contributed by atoms with E-state index in [-0.39, 0.29) is 24.2 Å². The van der Waals surface area contributed by atoms with Crippen LogP contribution in [0.2, 0.25) is 0 Å². The van der Waals surface area contributed by atoms with Crippen LogP contribution in [0.3, 0.4) is 0 Å². The Kier molecular flexibility index (Phi) is 7.63. The van der Waals surface area contributed by atoms with E-state index in [0.29, 0.717) is 0 Å². The highest BCUT2D eigenvalue weighted by molar-refractivity contribution is 5.93. The van der Waals surface area contributed by atoms with Crippen molar-refractivity contribution in [2.24, 2.45) is 5.92 Å². The highest BCUT2D eigenvalue weighted by atomic mass is 35.5. The summed E-state index contributed by atoms with van der Waals surface area (Å²) in [6.45, 7) is 3.83. The molecule has 2 rings (SSSR count). The lowest BCUT2D eigenvalue weighted by molar-refractivity contribution is -0.120. The van der Waals surface area contributed by atoms with Gasteiger partial charge in [0.2, 0.25) is 5.91 Å². The van der Waals surface area contributed by atoms with Crippen LogP contribution in [0.1, 0.15) is 44.6 Å². The quantitative estimate of drug-likeness (QED) is 0.869. The van der Waals surface area contributed by atoms with E-state index >= 15 is 0 Å². The number of hydrogen-bond donors (Lipinski definition) is 2. The second-order valence-electron chi connectivity index (χ2n) is 5.26. The van der Waals surface area contributed by atoms with E-state index in [4.69, 9.17) is 0 Å². The van der Waals surface area contributed by atoms with Gasteiger partial charge in [0.1, 0.15) is 0 Å². The number of amides is 1.